The number of benzene rings is 1. The molecule has 3 rings (SSSR count). The Kier molecular flexibility index (Phi) is 5.11. The lowest BCUT2D eigenvalue weighted by Gasteiger charge is -2.33. The summed E-state index contributed by atoms with van der Waals surface area (Å²) in [6.07, 6.45) is 8.67. The van der Waals surface area contributed by atoms with Gasteiger partial charge >= 0.3 is 0 Å². The largest absolute Gasteiger partial charge is 0.341 e. The van der Waals surface area contributed by atoms with Gasteiger partial charge < -0.3 is 4.90 Å². The van der Waals surface area contributed by atoms with E-state index in [-0.39, 0.29) is 5.91 Å². The van der Waals surface area contributed by atoms with E-state index in [0.717, 1.165) is 38.8 Å². The average Bonchev–Trinajstić information content (AvgIpc) is 3.02. The van der Waals surface area contributed by atoms with Crippen molar-refractivity contribution in [2.75, 3.05) is 13.1 Å². The summed E-state index contributed by atoms with van der Waals surface area (Å²) in [5.74, 6) is 0.287. The number of nitrogens with zero attached hydrogens (tertiary/aromatic N) is 3. The molecule has 1 aliphatic heterocycles. The summed E-state index contributed by atoms with van der Waals surface area (Å²) >= 11 is 0. The Balaban J connectivity index is 1.49. The second kappa shape index (κ2) is 7.44. The zero-order valence-electron chi connectivity index (χ0n) is 13.8. The van der Waals surface area contributed by atoms with Crippen molar-refractivity contribution in [3.63, 3.8) is 0 Å². The van der Waals surface area contributed by atoms with Gasteiger partial charge in [-0.3, -0.25) is 9.48 Å². The Morgan fingerprint density at radius 2 is 2.13 bits per heavy atom. The van der Waals surface area contributed by atoms with Crippen LogP contribution in [0.2, 0.25) is 0 Å². The molecule has 1 amide bonds. The highest BCUT2D eigenvalue weighted by molar-refractivity contribution is 5.76. The molecule has 0 aliphatic carbocycles. The molecule has 0 unspecified atom stereocenters. The molecule has 2 aromatic rings. The van der Waals surface area contributed by atoms with Crippen LogP contribution in [0.1, 0.15) is 42.9 Å². The Bertz CT molecular complexity index is 635. The van der Waals surface area contributed by atoms with Crippen molar-refractivity contribution in [2.45, 2.75) is 45.1 Å². The van der Waals surface area contributed by atoms with Crippen LogP contribution in [0.3, 0.4) is 0 Å². The molecule has 1 aliphatic rings. The van der Waals surface area contributed by atoms with Crippen molar-refractivity contribution in [1.29, 1.82) is 0 Å². The molecule has 23 heavy (non-hydrogen) atoms. The maximum Gasteiger partial charge on any atom is 0.222 e. The first-order valence-corrected chi connectivity index (χ1v) is 8.55. The van der Waals surface area contributed by atoms with Crippen LogP contribution in [0.25, 0.3) is 0 Å². The lowest BCUT2D eigenvalue weighted by atomic mass is 10.0. The van der Waals surface area contributed by atoms with Gasteiger partial charge in [-0.05, 0) is 43.7 Å². The van der Waals surface area contributed by atoms with E-state index in [0.29, 0.717) is 12.5 Å². The highest BCUT2D eigenvalue weighted by Gasteiger charge is 2.24. The van der Waals surface area contributed by atoms with Crippen LogP contribution in [-0.2, 0) is 11.2 Å². The van der Waals surface area contributed by atoms with Gasteiger partial charge in [0.05, 0.1) is 12.2 Å². The number of rotatable bonds is 5. The molecular weight excluding hydrogens is 286 g/mol. The Hall–Kier alpha value is -2.10. The molecule has 0 N–H and O–H groups in total. The Morgan fingerprint density at radius 1 is 1.30 bits per heavy atom. The van der Waals surface area contributed by atoms with Crippen LogP contribution in [0.15, 0.2) is 42.7 Å². The van der Waals surface area contributed by atoms with Gasteiger partial charge in [0, 0.05) is 25.7 Å². The van der Waals surface area contributed by atoms with E-state index in [2.05, 4.69) is 42.5 Å². The van der Waals surface area contributed by atoms with Gasteiger partial charge in [0.2, 0.25) is 5.91 Å². The fraction of sp³-hybridized carbons (Fsp3) is 0.474. The molecule has 4 heteroatoms. The minimum absolute atomic E-state index is 0.287. The summed E-state index contributed by atoms with van der Waals surface area (Å²) in [5, 5.41) is 4.41. The number of piperidine rings is 1. The van der Waals surface area contributed by atoms with Crippen molar-refractivity contribution in [2.24, 2.45) is 0 Å². The van der Waals surface area contributed by atoms with Gasteiger partial charge in [0.1, 0.15) is 0 Å². The number of amides is 1. The Morgan fingerprint density at radius 3 is 2.87 bits per heavy atom. The summed E-state index contributed by atoms with van der Waals surface area (Å²) in [5.41, 5.74) is 2.49. The van der Waals surface area contributed by atoms with Crippen LogP contribution >= 0.6 is 0 Å². The smallest absolute Gasteiger partial charge is 0.222 e. The predicted molar refractivity (Wildman–Crippen MR) is 91.2 cm³/mol. The topological polar surface area (TPSA) is 38.1 Å². The Labute approximate surface area is 138 Å². The molecule has 1 aromatic heterocycles. The standard InChI is InChI=1S/C19H25N3O/c1-16-13-20-22(14-16)18-10-6-12-21(15-18)19(23)11-5-9-17-7-3-2-4-8-17/h2-4,7-8,13-14,18H,5-6,9-12,15H2,1H3/t18-/m0/s1. The number of likely N-dealkylation sites (tertiary alicyclic amines) is 1. The van der Waals surface area contributed by atoms with Crippen molar-refractivity contribution in [3.8, 4) is 0 Å². The summed E-state index contributed by atoms with van der Waals surface area (Å²) in [4.78, 5) is 14.5. The maximum absolute atomic E-state index is 12.5. The molecule has 1 saturated heterocycles. The molecule has 0 saturated carbocycles. The quantitative estimate of drug-likeness (QED) is 0.849. The first kappa shape index (κ1) is 15.8. The lowest BCUT2D eigenvalue weighted by Crippen LogP contribution is -2.40. The molecule has 1 fully saturated rings. The molecule has 1 atom stereocenters. The number of hydrogen-bond donors (Lipinski definition) is 0. The third-order valence-corrected chi connectivity index (χ3v) is 4.55. The van der Waals surface area contributed by atoms with Crippen LogP contribution in [0.4, 0.5) is 0 Å². The summed E-state index contributed by atoms with van der Waals surface area (Å²) in [6, 6.07) is 10.7. The minimum atomic E-state index is 0.287. The predicted octanol–water partition coefficient (Wildman–Crippen LogP) is 3.38. The molecule has 0 spiro atoms. The fourth-order valence-corrected chi connectivity index (χ4v) is 3.28. The molecule has 0 bridgehead atoms. The van der Waals surface area contributed by atoms with E-state index in [9.17, 15) is 4.79 Å². The molecule has 0 radical (unpaired) electrons. The second-order valence-electron chi connectivity index (χ2n) is 6.47. The summed E-state index contributed by atoms with van der Waals surface area (Å²) < 4.78 is 2.03. The van der Waals surface area contributed by atoms with E-state index in [1.807, 2.05) is 21.8 Å². The zero-order valence-corrected chi connectivity index (χ0v) is 13.8. The van der Waals surface area contributed by atoms with E-state index in [1.54, 1.807) is 0 Å². The van der Waals surface area contributed by atoms with Crippen molar-refractivity contribution >= 4 is 5.91 Å². The van der Waals surface area contributed by atoms with Crippen LogP contribution < -0.4 is 0 Å². The van der Waals surface area contributed by atoms with Crippen LogP contribution in [0.5, 0.6) is 0 Å². The third-order valence-electron chi connectivity index (χ3n) is 4.55. The molecule has 1 aromatic carbocycles. The van der Waals surface area contributed by atoms with Gasteiger partial charge in [0.25, 0.3) is 0 Å². The van der Waals surface area contributed by atoms with Crippen LogP contribution in [-0.4, -0.2) is 33.7 Å². The average molecular weight is 311 g/mol. The molecule has 122 valence electrons. The highest BCUT2D eigenvalue weighted by atomic mass is 16.2. The monoisotopic (exact) mass is 311 g/mol. The number of aromatic nitrogens is 2. The molecule has 4 nitrogen and oxygen atoms in total. The fourth-order valence-electron chi connectivity index (χ4n) is 3.28. The second-order valence-corrected chi connectivity index (χ2v) is 6.47. The number of carbonyl (C=O) groups excluding carboxylic acids is 1. The van der Waals surface area contributed by atoms with E-state index >= 15 is 0 Å². The van der Waals surface area contributed by atoms with Gasteiger partial charge in [-0.2, -0.15) is 5.10 Å². The lowest BCUT2D eigenvalue weighted by molar-refractivity contribution is -0.133. The number of carbonyl (C=O) groups is 1. The van der Waals surface area contributed by atoms with E-state index < -0.39 is 0 Å². The third kappa shape index (κ3) is 4.21. The number of hydrogen-bond acceptors (Lipinski definition) is 2. The normalized spacial score (nSPS) is 18.1. The van der Waals surface area contributed by atoms with Gasteiger partial charge in [-0.25, -0.2) is 0 Å². The van der Waals surface area contributed by atoms with Gasteiger partial charge in [0.15, 0.2) is 0 Å². The summed E-state index contributed by atoms with van der Waals surface area (Å²) in [6.45, 7) is 3.74. The molecular formula is C19H25N3O. The van der Waals surface area contributed by atoms with Crippen molar-refractivity contribution in [1.82, 2.24) is 14.7 Å². The van der Waals surface area contributed by atoms with Gasteiger partial charge in [-0.15, -0.1) is 0 Å². The minimum Gasteiger partial charge on any atom is -0.341 e. The van der Waals surface area contributed by atoms with Gasteiger partial charge in [-0.1, -0.05) is 30.3 Å². The molecule has 2 heterocycles. The first-order valence-electron chi connectivity index (χ1n) is 8.55. The van der Waals surface area contributed by atoms with Crippen molar-refractivity contribution in [3.05, 3.63) is 53.9 Å². The number of aryl methyl sites for hydroxylation is 2. The maximum atomic E-state index is 12.5. The highest BCUT2D eigenvalue weighted by Crippen LogP contribution is 2.22. The first-order chi connectivity index (χ1) is 11.2. The van der Waals surface area contributed by atoms with E-state index in [4.69, 9.17) is 0 Å². The SMILES string of the molecule is Cc1cnn([C@H]2CCCN(C(=O)CCCc3ccccc3)C2)c1. The zero-order chi connectivity index (χ0) is 16.1. The van der Waals surface area contributed by atoms with E-state index in [1.165, 1.54) is 11.1 Å². The van der Waals surface area contributed by atoms with Crippen LogP contribution in [0, 0.1) is 6.92 Å². The van der Waals surface area contributed by atoms with Crippen molar-refractivity contribution < 1.29 is 4.79 Å². The summed E-state index contributed by atoms with van der Waals surface area (Å²) in [7, 11) is 0.